The number of aromatic nitrogens is 2. The van der Waals surface area contributed by atoms with E-state index in [9.17, 15) is 22.4 Å². The summed E-state index contributed by atoms with van der Waals surface area (Å²) < 4.78 is 52.1. The molecule has 0 atom stereocenters. The second kappa shape index (κ2) is 7.81. The van der Waals surface area contributed by atoms with Crippen LogP contribution < -0.4 is 4.90 Å². The first-order chi connectivity index (χ1) is 14.3. The molecule has 4 rings (SSSR count). The SMILES string of the molecule is O=C(c1cn[nH]c1-c1ccc(F)cc1)N1CCN(c2cccc(C(F)(F)F)c2)CC1. The van der Waals surface area contributed by atoms with Crippen LogP contribution in [0, 0.1) is 5.82 Å². The highest BCUT2D eigenvalue weighted by Gasteiger charge is 2.31. The van der Waals surface area contributed by atoms with E-state index in [1.165, 1.54) is 24.4 Å². The number of nitrogens with zero attached hydrogens (tertiary/aromatic N) is 3. The van der Waals surface area contributed by atoms with Crippen molar-refractivity contribution >= 4 is 11.6 Å². The van der Waals surface area contributed by atoms with Gasteiger partial charge in [-0.15, -0.1) is 0 Å². The zero-order valence-corrected chi connectivity index (χ0v) is 15.8. The van der Waals surface area contributed by atoms with Gasteiger partial charge in [-0.3, -0.25) is 9.89 Å². The molecule has 156 valence electrons. The maximum atomic E-state index is 13.2. The zero-order valence-electron chi connectivity index (χ0n) is 15.8. The number of hydrogen-bond donors (Lipinski definition) is 1. The first kappa shape index (κ1) is 19.9. The largest absolute Gasteiger partial charge is 0.416 e. The van der Waals surface area contributed by atoms with Crippen LogP contribution in [0.15, 0.2) is 54.7 Å². The molecule has 1 saturated heterocycles. The number of amides is 1. The van der Waals surface area contributed by atoms with Crippen molar-refractivity contribution in [1.82, 2.24) is 15.1 Å². The Morgan fingerprint density at radius 1 is 1.00 bits per heavy atom. The van der Waals surface area contributed by atoms with E-state index >= 15 is 0 Å². The smallest absolute Gasteiger partial charge is 0.368 e. The van der Waals surface area contributed by atoms with Crippen LogP contribution in [-0.2, 0) is 6.18 Å². The first-order valence-corrected chi connectivity index (χ1v) is 9.34. The van der Waals surface area contributed by atoms with Gasteiger partial charge < -0.3 is 9.80 Å². The molecule has 1 aromatic heterocycles. The molecule has 0 spiro atoms. The molecule has 1 aliphatic rings. The molecule has 5 nitrogen and oxygen atoms in total. The Morgan fingerprint density at radius 3 is 2.37 bits per heavy atom. The van der Waals surface area contributed by atoms with Crippen LogP contribution in [0.5, 0.6) is 0 Å². The van der Waals surface area contributed by atoms with Crippen molar-refractivity contribution in [1.29, 1.82) is 0 Å². The highest BCUT2D eigenvalue weighted by Crippen LogP contribution is 2.32. The Bertz CT molecular complexity index is 1040. The fraction of sp³-hybridized carbons (Fsp3) is 0.238. The minimum Gasteiger partial charge on any atom is -0.368 e. The summed E-state index contributed by atoms with van der Waals surface area (Å²) in [7, 11) is 0. The van der Waals surface area contributed by atoms with Gasteiger partial charge in [0.05, 0.1) is 23.0 Å². The van der Waals surface area contributed by atoms with Crippen molar-refractivity contribution in [2.24, 2.45) is 0 Å². The number of benzene rings is 2. The molecule has 2 aromatic carbocycles. The summed E-state index contributed by atoms with van der Waals surface area (Å²) in [5, 5.41) is 6.73. The molecule has 1 fully saturated rings. The third-order valence-corrected chi connectivity index (χ3v) is 5.11. The molecule has 1 aliphatic heterocycles. The molecule has 0 radical (unpaired) electrons. The topological polar surface area (TPSA) is 52.2 Å². The van der Waals surface area contributed by atoms with Crippen LogP contribution in [0.2, 0.25) is 0 Å². The van der Waals surface area contributed by atoms with Crippen molar-refractivity contribution in [2.45, 2.75) is 6.18 Å². The van der Waals surface area contributed by atoms with E-state index in [0.717, 1.165) is 12.1 Å². The van der Waals surface area contributed by atoms with Crippen LogP contribution >= 0.6 is 0 Å². The average molecular weight is 418 g/mol. The average Bonchev–Trinajstić information content (AvgIpc) is 3.23. The molecule has 3 aromatic rings. The molecule has 0 bridgehead atoms. The molecule has 0 unspecified atom stereocenters. The van der Waals surface area contributed by atoms with Crippen LogP contribution in [0.1, 0.15) is 15.9 Å². The lowest BCUT2D eigenvalue weighted by atomic mass is 10.1. The first-order valence-electron chi connectivity index (χ1n) is 9.34. The summed E-state index contributed by atoms with van der Waals surface area (Å²) in [6, 6.07) is 10.9. The number of piperazine rings is 1. The molecule has 0 aliphatic carbocycles. The van der Waals surface area contributed by atoms with Gasteiger partial charge in [-0.25, -0.2) is 4.39 Å². The number of halogens is 4. The molecule has 0 saturated carbocycles. The summed E-state index contributed by atoms with van der Waals surface area (Å²) >= 11 is 0. The standard InChI is InChI=1S/C21H18F4N4O/c22-16-6-4-14(5-7-16)19-18(13-26-27-19)20(30)29-10-8-28(9-11-29)17-3-1-2-15(12-17)21(23,24)25/h1-7,12-13H,8-11H2,(H,26,27). The highest BCUT2D eigenvalue weighted by atomic mass is 19.4. The maximum absolute atomic E-state index is 13.2. The van der Waals surface area contributed by atoms with Gasteiger partial charge in [-0.05, 0) is 42.5 Å². The van der Waals surface area contributed by atoms with Crippen molar-refractivity contribution in [3.05, 3.63) is 71.7 Å². The number of hydrogen-bond acceptors (Lipinski definition) is 3. The van der Waals surface area contributed by atoms with Gasteiger partial charge in [0.1, 0.15) is 5.82 Å². The van der Waals surface area contributed by atoms with Gasteiger partial charge in [0, 0.05) is 37.4 Å². The molecular formula is C21H18F4N4O. The fourth-order valence-corrected chi connectivity index (χ4v) is 3.50. The van der Waals surface area contributed by atoms with E-state index in [2.05, 4.69) is 10.2 Å². The second-order valence-electron chi connectivity index (χ2n) is 6.99. The lowest BCUT2D eigenvalue weighted by molar-refractivity contribution is -0.137. The van der Waals surface area contributed by atoms with Gasteiger partial charge in [0.2, 0.25) is 0 Å². The summed E-state index contributed by atoms with van der Waals surface area (Å²) in [5.41, 5.74) is 1.29. The minimum absolute atomic E-state index is 0.230. The summed E-state index contributed by atoms with van der Waals surface area (Å²) in [6.07, 6.45) is -2.97. The molecule has 1 amide bonds. The molecular weight excluding hydrogens is 400 g/mol. The normalized spacial score (nSPS) is 14.8. The van der Waals surface area contributed by atoms with Gasteiger partial charge in [-0.2, -0.15) is 18.3 Å². The van der Waals surface area contributed by atoms with Gasteiger partial charge >= 0.3 is 6.18 Å². The van der Waals surface area contributed by atoms with Crippen LogP contribution in [0.25, 0.3) is 11.3 Å². The van der Waals surface area contributed by atoms with Crippen molar-refractivity contribution < 1.29 is 22.4 Å². The number of anilines is 1. The number of H-pyrrole nitrogens is 1. The van der Waals surface area contributed by atoms with Gasteiger partial charge in [0.15, 0.2) is 0 Å². The number of carbonyl (C=O) groups excluding carboxylic acids is 1. The number of alkyl halides is 3. The quantitative estimate of drug-likeness (QED) is 0.649. The van der Waals surface area contributed by atoms with Crippen LogP contribution in [-0.4, -0.2) is 47.2 Å². The summed E-state index contributed by atoms with van der Waals surface area (Å²) in [6.45, 7) is 1.56. The van der Waals surface area contributed by atoms with E-state index in [4.69, 9.17) is 0 Å². The molecule has 1 N–H and O–H groups in total. The van der Waals surface area contributed by atoms with E-state index in [1.54, 1.807) is 23.1 Å². The number of aromatic amines is 1. The highest BCUT2D eigenvalue weighted by molar-refractivity contribution is 5.99. The van der Waals surface area contributed by atoms with Crippen molar-refractivity contribution in [2.75, 3.05) is 31.1 Å². The number of rotatable bonds is 3. The Hall–Kier alpha value is -3.36. The number of carbonyl (C=O) groups is 1. The van der Waals surface area contributed by atoms with E-state index in [1.807, 2.05) is 4.90 Å². The molecule has 9 heteroatoms. The maximum Gasteiger partial charge on any atom is 0.416 e. The Morgan fingerprint density at radius 2 is 1.70 bits per heavy atom. The molecule has 30 heavy (non-hydrogen) atoms. The van der Waals surface area contributed by atoms with Gasteiger partial charge in [-0.1, -0.05) is 6.07 Å². The summed E-state index contributed by atoms with van der Waals surface area (Å²) in [5.74, 6) is -0.608. The predicted octanol–water partition coefficient (Wildman–Crippen LogP) is 4.20. The fourth-order valence-electron chi connectivity index (χ4n) is 3.50. The van der Waals surface area contributed by atoms with E-state index < -0.39 is 11.7 Å². The number of nitrogens with one attached hydrogen (secondary N) is 1. The predicted molar refractivity (Wildman–Crippen MR) is 104 cm³/mol. The van der Waals surface area contributed by atoms with E-state index in [-0.39, 0.29) is 11.7 Å². The minimum atomic E-state index is -4.40. The monoisotopic (exact) mass is 418 g/mol. The second-order valence-corrected chi connectivity index (χ2v) is 6.99. The van der Waals surface area contributed by atoms with Crippen molar-refractivity contribution in [3.63, 3.8) is 0 Å². The zero-order chi connectivity index (χ0) is 21.3. The van der Waals surface area contributed by atoms with Crippen molar-refractivity contribution in [3.8, 4) is 11.3 Å². The Kier molecular flexibility index (Phi) is 5.19. The summed E-state index contributed by atoms with van der Waals surface area (Å²) in [4.78, 5) is 16.4. The molecule has 2 heterocycles. The van der Waals surface area contributed by atoms with Gasteiger partial charge in [0.25, 0.3) is 5.91 Å². The Balaban J connectivity index is 1.46. The third kappa shape index (κ3) is 4.00. The Labute approximate surface area is 169 Å². The van der Waals surface area contributed by atoms with Crippen LogP contribution in [0.3, 0.4) is 0 Å². The lowest BCUT2D eigenvalue weighted by Crippen LogP contribution is -2.48. The van der Waals surface area contributed by atoms with Crippen LogP contribution in [0.4, 0.5) is 23.2 Å². The lowest BCUT2D eigenvalue weighted by Gasteiger charge is -2.36. The third-order valence-electron chi connectivity index (χ3n) is 5.11. The van der Waals surface area contributed by atoms with E-state index in [0.29, 0.717) is 48.7 Å².